The second-order valence-corrected chi connectivity index (χ2v) is 10.0. The van der Waals surface area contributed by atoms with Crippen LogP contribution in [0.2, 0.25) is 0 Å². The van der Waals surface area contributed by atoms with Gasteiger partial charge in [-0.05, 0) is 49.7 Å². The van der Waals surface area contributed by atoms with Gasteiger partial charge in [0.25, 0.3) is 0 Å². The maximum atomic E-state index is 12.4. The molecule has 1 aromatic carbocycles. The monoisotopic (exact) mass is 448 g/mol. The number of amides is 1. The van der Waals surface area contributed by atoms with Crippen molar-refractivity contribution in [1.82, 2.24) is 14.9 Å². The van der Waals surface area contributed by atoms with Gasteiger partial charge in [-0.3, -0.25) is 4.79 Å². The van der Waals surface area contributed by atoms with Crippen LogP contribution in [0.1, 0.15) is 54.4 Å². The summed E-state index contributed by atoms with van der Waals surface area (Å²) in [5.41, 5.74) is 2.82. The van der Waals surface area contributed by atoms with E-state index in [2.05, 4.69) is 42.2 Å². The lowest BCUT2D eigenvalue weighted by Crippen LogP contribution is -2.49. The van der Waals surface area contributed by atoms with Crippen LogP contribution < -0.4 is 4.90 Å². The van der Waals surface area contributed by atoms with Crippen molar-refractivity contribution in [3.8, 4) is 0 Å². The predicted molar refractivity (Wildman–Crippen MR) is 132 cm³/mol. The molecule has 1 saturated heterocycles. The van der Waals surface area contributed by atoms with Crippen LogP contribution in [0, 0.1) is 0 Å². The first kappa shape index (κ1) is 21.4. The zero-order chi connectivity index (χ0) is 21.9. The Balaban J connectivity index is 1.44. The number of nitrogens with zero attached hydrogens (tertiary/aromatic N) is 4. The van der Waals surface area contributed by atoms with E-state index < -0.39 is 0 Å². The molecule has 0 atom stereocenters. The normalized spacial score (nSPS) is 16.4. The molecule has 1 amide bonds. The molecule has 5 nitrogen and oxygen atoms in total. The van der Waals surface area contributed by atoms with Gasteiger partial charge in [0.05, 0.1) is 5.39 Å². The zero-order valence-electron chi connectivity index (χ0n) is 19.0. The molecule has 3 heterocycles. The van der Waals surface area contributed by atoms with Crippen LogP contribution in [0.25, 0.3) is 10.2 Å². The molecular weight excluding hydrogens is 416 g/mol. The van der Waals surface area contributed by atoms with E-state index in [0.29, 0.717) is 6.42 Å². The number of hydrogen-bond donors (Lipinski definition) is 0. The molecule has 168 valence electrons. The van der Waals surface area contributed by atoms with E-state index in [4.69, 9.17) is 9.97 Å². The van der Waals surface area contributed by atoms with E-state index in [1.807, 2.05) is 16.2 Å². The van der Waals surface area contributed by atoms with E-state index >= 15 is 0 Å². The first-order valence-corrected chi connectivity index (χ1v) is 12.9. The number of aryl methyl sites for hydroxylation is 4. The fourth-order valence-corrected chi connectivity index (χ4v) is 6.24. The Morgan fingerprint density at radius 1 is 1.00 bits per heavy atom. The molecule has 2 aliphatic rings. The van der Waals surface area contributed by atoms with E-state index in [-0.39, 0.29) is 5.91 Å². The van der Waals surface area contributed by atoms with Gasteiger partial charge in [-0.15, -0.1) is 11.3 Å². The van der Waals surface area contributed by atoms with Crippen LogP contribution >= 0.6 is 11.3 Å². The van der Waals surface area contributed by atoms with Crippen LogP contribution in [-0.4, -0.2) is 47.0 Å². The molecule has 32 heavy (non-hydrogen) atoms. The quantitative estimate of drug-likeness (QED) is 0.543. The van der Waals surface area contributed by atoms with Crippen molar-refractivity contribution < 1.29 is 4.79 Å². The molecule has 0 bridgehead atoms. The second-order valence-electron chi connectivity index (χ2n) is 8.96. The summed E-state index contributed by atoms with van der Waals surface area (Å²) in [6.45, 7) is 5.35. The molecule has 1 aliphatic carbocycles. The molecular formula is C26H32N4OS. The van der Waals surface area contributed by atoms with Crippen LogP contribution in [0.3, 0.4) is 0 Å². The fourth-order valence-electron chi connectivity index (χ4n) is 4.96. The zero-order valence-corrected chi connectivity index (χ0v) is 19.8. The smallest absolute Gasteiger partial charge is 0.222 e. The fraction of sp³-hybridized carbons (Fsp3) is 0.500. The average Bonchev–Trinajstić information content (AvgIpc) is 3.22. The summed E-state index contributed by atoms with van der Waals surface area (Å²) in [5.74, 6) is 2.34. The number of aromatic nitrogens is 2. The van der Waals surface area contributed by atoms with Gasteiger partial charge in [-0.1, -0.05) is 37.3 Å². The number of rotatable bonds is 6. The van der Waals surface area contributed by atoms with Crippen molar-refractivity contribution in [2.24, 2.45) is 0 Å². The third-order valence-corrected chi connectivity index (χ3v) is 7.90. The molecule has 6 heteroatoms. The lowest BCUT2D eigenvalue weighted by molar-refractivity contribution is -0.131. The van der Waals surface area contributed by atoms with Gasteiger partial charge < -0.3 is 9.80 Å². The van der Waals surface area contributed by atoms with Gasteiger partial charge >= 0.3 is 0 Å². The SMILES string of the molecule is CCCC(=O)N1CCN(c2nc(CCc3ccccc3)nc3sc4c(c23)CCCC4)CC1. The minimum absolute atomic E-state index is 0.288. The number of anilines is 1. The van der Waals surface area contributed by atoms with E-state index in [1.165, 1.54) is 40.7 Å². The molecule has 2 aromatic heterocycles. The Bertz CT molecular complexity index is 1090. The van der Waals surface area contributed by atoms with Crippen LogP contribution in [0.15, 0.2) is 30.3 Å². The van der Waals surface area contributed by atoms with Crippen LogP contribution in [-0.2, 0) is 30.5 Å². The molecule has 0 spiro atoms. The number of benzene rings is 1. The third-order valence-electron chi connectivity index (χ3n) is 6.72. The van der Waals surface area contributed by atoms with Crippen LogP contribution in [0.5, 0.6) is 0 Å². The summed E-state index contributed by atoms with van der Waals surface area (Å²) in [6.07, 6.45) is 8.23. The highest BCUT2D eigenvalue weighted by molar-refractivity contribution is 7.19. The average molecular weight is 449 g/mol. The summed E-state index contributed by atoms with van der Waals surface area (Å²) in [7, 11) is 0. The number of hydrogen-bond acceptors (Lipinski definition) is 5. The topological polar surface area (TPSA) is 49.3 Å². The van der Waals surface area contributed by atoms with Gasteiger partial charge in [0.1, 0.15) is 16.5 Å². The first-order chi connectivity index (χ1) is 15.7. The summed E-state index contributed by atoms with van der Waals surface area (Å²) in [4.78, 5) is 29.7. The minimum atomic E-state index is 0.288. The second kappa shape index (κ2) is 9.57. The van der Waals surface area contributed by atoms with Gasteiger partial charge in [0, 0.05) is 43.9 Å². The molecule has 5 rings (SSSR count). The summed E-state index contributed by atoms with van der Waals surface area (Å²) >= 11 is 1.88. The number of thiophene rings is 1. The van der Waals surface area contributed by atoms with E-state index in [0.717, 1.165) is 68.3 Å². The maximum Gasteiger partial charge on any atom is 0.222 e. The minimum Gasteiger partial charge on any atom is -0.352 e. The van der Waals surface area contributed by atoms with Gasteiger partial charge in [-0.25, -0.2) is 9.97 Å². The summed E-state index contributed by atoms with van der Waals surface area (Å²) < 4.78 is 0. The van der Waals surface area contributed by atoms with Crippen molar-refractivity contribution in [1.29, 1.82) is 0 Å². The standard InChI is InChI=1S/C26H32N4OS/c1-2-8-23(31)29-15-17-30(18-16-29)25-24-20-11-6-7-12-21(20)32-26(24)28-22(27-25)14-13-19-9-4-3-5-10-19/h3-5,9-10H,2,6-8,11-18H2,1H3. The highest BCUT2D eigenvalue weighted by atomic mass is 32.1. The van der Waals surface area contributed by atoms with Crippen molar-refractivity contribution in [3.63, 3.8) is 0 Å². The molecule has 0 saturated carbocycles. The highest BCUT2D eigenvalue weighted by Gasteiger charge is 2.27. The van der Waals surface area contributed by atoms with Gasteiger partial charge in [0.15, 0.2) is 0 Å². The Labute approximate surface area is 194 Å². The Morgan fingerprint density at radius 2 is 1.78 bits per heavy atom. The molecule has 1 aliphatic heterocycles. The molecule has 0 radical (unpaired) electrons. The largest absolute Gasteiger partial charge is 0.352 e. The Kier molecular flexibility index (Phi) is 6.39. The van der Waals surface area contributed by atoms with Crippen molar-refractivity contribution in [2.75, 3.05) is 31.1 Å². The third kappa shape index (κ3) is 4.38. The van der Waals surface area contributed by atoms with Crippen molar-refractivity contribution >= 4 is 33.3 Å². The van der Waals surface area contributed by atoms with E-state index in [9.17, 15) is 4.79 Å². The summed E-state index contributed by atoms with van der Waals surface area (Å²) in [5, 5.41) is 1.29. The van der Waals surface area contributed by atoms with E-state index in [1.54, 1.807) is 0 Å². The lowest BCUT2D eigenvalue weighted by Gasteiger charge is -2.36. The number of fused-ring (bicyclic) bond motifs is 3. The van der Waals surface area contributed by atoms with Gasteiger partial charge in [0.2, 0.25) is 5.91 Å². The number of carbonyl (C=O) groups is 1. The summed E-state index contributed by atoms with van der Waals surface area (Å²) in [6, 6.07) is 10.6. The number of carbonyl (C=O) groups excluding carboxylic acids is 1. The lowest BCUT2D eigenvalue weighted by atomic mass is 9.96. The molecule has 0 unspecified atom stereocenters. The molecule has 1 fully saturated rings. The Morgan fingerprint density at radius 3 is 2.56 bits per heavy atom. The first-order valence-electron chi connectivity index (χ1n) is 12.1. The van der Waals surface area contributed by atoms with Gasteiger partial charge in [-0.2, -0.15) is 0 Å². The van der Waals surface area contributed by atoms with Crippen molar-refractivity contribution in [3.05, 3.63) is 52.2 Å². The maximum absolute atomic E-state index is 12.4. The van der Waals surface area contributed by atoms with Crippen LogP contribution in [0.4, 0.5) is 5.82 Å². The predicted octanol–water partition coefficient (Wildman–Crippen LogP) is 4.80. The highest BCUT2D eigenvalue weighted by Crippen LogP contribution is 2.40. The molecule has 3 aromatic rings. The number of piperazine rings is 1. The molecule has 0 N–H and O–H groups in total. The Hall–Kier alpha value is -2.47. The van der Waals surface area contributed by atoms with Crippen molar-refractivity contribution in [2.45, 2.75) is 58.3 Å².